The van der Waals surface area contributed by atoms with Gasteiger partial charge in [0, 0.05) is 6.54 Å². The van der Waals surface area contributed by atoms with Gasteiger partial charge in [-0.05, 0) is 51.3 Å². The zero-order chi connectivity index (χ0) is 24.0. The number of imide groups is 1. The van der Waals surface area contributed by atoms with Crippen molar-refractivity contribution in [3.05, 3.63) is 71.3 Å². The molecule has 1 aliphatic rings. The molecule has 0 aliphatic carbocycles. The Labute approximate surface area is 192 Å². The predicted octanol–water partition coefficient (Wildman–Crippen LogP) is 3.70. The Balaban J connectivity index is 1.60. The van der Waals surface area contributed by atoms with Crippen molar-refractivity contribution in [1.29, 1.82) is 0 Å². The van der Waals surface area contributed by atoms with Crippen LogP contribution in [0.1, 0.15) is 59.9 Å². The van der Waals surface area contributed by atoms with E-state index in [4.69, 9.17) is 9.47 Å². The van der Waals surface area contributed by atoms with Crippen LogP contribution in [0.15, 0.2) is 54.6 Å². The number of nitrogens with one attached hydrogen (secondary N) is 1. The standard InChI is InChI=1S/C25H28N2O6/c1-25(2,3)33-23(30)20(27-21(28)18-12-7-8-13-19(18)22(27)29)14-9-15-26-24(31)32-16-17-10-5-4-6-11-17/h4-8,10-13,20H,9,14-16H2,1-3H3,(H,26,31)/t20-/m0/s1. The van der Waals surface area contributed by atoms with Crippen LogP contribution in [0.3, 0.4) is 0 Å². The molecule has 0 bridgehead atoms. The van der Waals surface area contributed by atoms with Gasteiger partial charge in [-0.25, -0.2) is 9.59 Å². The normalized spacial score (nSPS) is 14.0. The second kappa shape index (κ2) is 10.3. The molecule has 0 saturated carbocycles. The van der Waals surface area contributed by atoms with E-state index in [1.807, 2.05) is 30.3 Å². The number of rotatable bonds is 8. The van der Waals surface area contributed by atoms with E-state index < -0.39 is 35.5 Å². The van der Waals surface area contributed by atoms with Gasteiger partial charge in [0.25, 0.3) is 11.8 Å². The number of nitrogens with zero attached hydrogens (tertiary/aromatic N) is 1. The topological polar surface area (TPSA) is 102 Å². The van der Waals surface area contributed by atoms with Gasteiger partial charge in [-0.1, -0.05) is 42.5 Å². The van der Waals surface area contributed by atoms with Crippen LogP contribution in [0.25, 0.3) is 0 Å². The van der Waals surface area contributed by atoms with Gasteiger partial charge in [-0.3, -0.25) is 14.5 Å². The third-order valence-corrected chi connectivity index (χ3v) is 4.95. The highest BCUT2D eigenvalue weighted by Gasteiger charge is 2.43. The molecular formula is C25H28N2O6. The number of ether oxygens (including phenoxy) is 2. The van der Waals surface area contributed by atoms with Crippen molar-refractivity contribution in [2.24, 2.45) is 0 Å². The van der Waals surface area contributed by atoms with Gasteiger partial charge < -0.3 is 14.8 Å². The van der Waals surface area contributed by atoms with Crippen molar-refractivity contribution >= 4 is 23.9 Å². The van der Waals surface area contributed by atoms with Crippen LogP contribution in [0.5, 0.6) is 0 Å². The van der Waals surface area contributed by atoms with Gasteiger partial charge in [0.2, 0.25) is 0 Å². The Bertz CT molecular complexity index is 994. The SMILES string of the molecule is CC(C)(C)OC(=O)[C@H](CCCNC(=O)OCc1ccccc1)N1C(=O)c2ccccc2C1=O. The summed E-state index contributed by atoms with van der Waals surface area (Å²) in [6.07, 6.45) is -0.120. The van der Waals surface area contributed by atoms with Crippen LogP contribution in [-0.2, 0) is 20.9 Å². The molecule has 0 radical (unpaired) electrons. The molecule has 0 unspecified atom stereocenters. The summed E-state index contributed by atoms with van der Waals surface area (Å²) in [5, 5.41) is 2.62. The van der Waals surface area contributed by atoms with Gasteiger partial charge in [0.15, 0.2) is 0 Å². The van der Waals surface area contributed by atoms with E-state index in [1.165, 1.54) is 0 Å². The number of hydrogen-bond acceptors (Lipinski definition) is 6. The summed E-state index contributed by atoms with van der Waals surface area (Å²) in [4.78, 5) is 51.6. The maximum atomic E-state index is 12.9. The van der Waals surface area contributed by atoms with Gasteiger partial charge >= 0.3 is 12.1 Å². The molecule has 174 valence electrons. The molecular weight excluding hydrogens is 424 g/mol. The van der Waals surface area contributed by atoms with Crippen LogP contribution in [0.2, 0.25) is 0 Å². The second-order valence-corrected chi connectivity index (χ2v) is 8.71. The molecule has 1 N–H and O–H groups in total. The lowest BCUT2D eigenvalue weighted by Gasteiger charge is -2.28. The van der Waals surface area contributed by atoms with Crippen molar-refractivity contribution in [3.8, 4) is 0 Å². The molecule has 0 aromatic heterocycles. The smallest absolute Gasteiger partial charge is 0.407 e. The van der Waals surface area contributed by atoms with E-state index in [9.17, 15) is 19.2 Å². The Morgan fingerprint density at radius 2 is 1.52 bits per heavy atom. The molecule has 0 fully saturated rings. The number of benzene rings is 2. The maximum absolute atomic E-state index is 12.9. The molecule has 33 heavy (non-hydrogen) atoms. The molecule has 0 spiro atoms. The molecule has 8 nitrogen and oxygen atoms in total. The Morgan fingerprint density at radius 1 is 0.939 bits per heavy atom. The zero-order valence-electron chi connectivity index (χ0n) is 19.0. The Morgan fingerprint density at radius 3 is 2.09 bits per heavy atom. The first-order valence-corrected chi connectivity index (χ1v) is 10.8. The van der Waals surface area contributed by atoms with Crippen molar-refractivity contribution in [1.82, 2.24) is 10.2 Å². The average Bonchev–Trinajstić information content (AvgIpc) is 3.02. The van der Waals surface area contributed by atoms with Gasteiger partial charge in [0.1, 0.15) is 18.2 Å². The minimum absolute atomic E-state index is 0.138. The minimum Gasteiger partial charge on any atom is -0.458 e. The van der Waals surface area contributed by atoms with Crippen molar-refractivity contribution in [3.63, 3.8) is 0 Å². The number of carbonyl (C=O) groups excluding carboxylic acids is 4. The lowest BCUT2D eigenvalue weighted by molar-refractivity contribution is -0.160. The third-order valence-electron chi connectivity index (χ3n) is 4.95. The third kappa shape index (κ3) is 6.19. The highest BCUT2D eigenvalue weighted by molar-refractivity contribution is 6.22. The summed E-state index contributed by atoms with van der Waals surface area (Å²) in [6.45, 7) is 5.50. The summed E-state index contributed by atoms with van der Waals surface area (Å²) in [6, 6.07) is 14.6. The van der Waals surface area contributed by atoms with Crippen molar-refractivity contribution in [2.75, 3.05) is 6.54 Å². The highest BCUT2D eigenvalue weighted by Crippen LogP contribution is 2.27. The summed E-state index contributed by atoms with van der Waals surface area (Å²) >= 11 is 0. The first-order chi connectivity index (χ1) is 15.7. The van der Waals surface area contributed by atoms with E-state index >= 15 is 0 Å². The van der Waals surface area contributed by atoms with E-state index in [0.717, 1.165) is 10.5 Å². The molecule has 2 aromatic rings. The fourth-order valence-electron chi connectivity index (χ4n) is 3.47. The number of amides is 3. The average molecular weight is 453 g/mol. The van der Waals surface area contributed by atoms with E-state index in [-0.39, 0.29) is 30.7 Å². The highest BCUT2D eigenvalue weighted by atomic mass is 16.6. The molecule has 3 rings (SSSR count). The lowest BCUT2D eigenvalue weighted by Crippen LogP contribution is -2.47. The summed E-state index contributed by atoms with van der Waals surface area (Å²) in [7, 11) is 0. The van der Waals surface area contributed by atoms with Gasteiger partial charge in [-0.2, -0.15) is 0 Å². The van der Waals surface area contributed by atoms with Gasteiger partial charge in [0.05, 0.1) is 11.1 Å². The van der Waals surface area contributed by atoms with E-state index in [1.54, 1.807) is 45.0 Å². The number of hydrogen-bond donors (Lipinski definition) is 1. The van der Waals surface area contributed by atoms with E-state index in [2.05, 4.69) is 5.32 Å². The summed E-state index contributed by atoms with van der Waals surface area (Å²) in [5.74, 6) is -1.72. The molecule has 1 atom stereocenters. The molecule has 8 heteroatoms. The van der Waals surface area contributed by atoms with Crippen LogP contribution in [-0.4, -0.2) is 47.0 Å². The predicted molar refractivity (Wildman–Crippen MR) is 120 cm³/mol. The second-order valence-electron chi connectivity index (χ2n) is 8.71. The van der Waals surface area contributed by atoms with Crippen LogP contribution < -0.4 is 5.32 Å². The fraction of sp³-hybridized carbons (Fsp3) is 0.360. The van der Waals surface area contributed by atoms with E-state index in [0.29, 0.717) is 6.42 Å². The van der Waals surface area contributed by atoms with Crippen LogP contribution in [0.4, 0.5) is 4.79 Å². The first-order valence-electron chi connectivity index (χ1n) is 10.8. The summed E-state index contributed by atoms with van der Waals surface area (Å²) in [5.41, 5.74) is 0.605. The van der Waals surface area contributed by atoms with Crippen molar-refractivity contribution in [2.45, 2.75) is 51.9 Å². The molecule has 1 aliphatic heterocycles. The summed E-state index contributed by atoms with van der Waals surface area (Å²) < 4.78 is 10.6. The quantitative estimate of drug-likeness (QED) is 0.372. The Kier molecular flexibility index (Phi) is 7.48. The zero-order valence-corrected chi connectivity index (χ0v) is 19.0. The molecule has 0 saturated heterocycles. The first kappa shape index (κ1) is 24.0. The maximum Gasteiger partial charge on any atom is 0.407 e. The monoisotopic (exact) mass is 452 g/mol. The lowest BCUT2D eigenvalue weighted by atomic mass is 10.1. The molecule has 2 aromatic carbocycles. The molecule has 3 amide bonds. The Hall–Kier alpha value is -3.68. The minimum atomic E-state index is -1.10. The van der Waals surface area contributed by atoms with Crippen LogP contribution >= 0.6 is 0 Å². The molecule has 1 heterocycles. The number of alkyl carbamates (subject to hydrolysis) is 1. The van der Waals surface area contributed by atoms with Crippen molar-refractivity contribution < 1.29 is 28.7 Å². The number of carbonyl (C=O) groups is 4. The van der Waals surface area contributed by atoms with Crippen LogP contribution in [0, 0.1) is 0 Å². The fourth-order valence-corrected chi connectivity index (χ4v) is 3.47. The number of fused-ring (bicyclic) bond motifs is 1. The largest absolute Gasteiger partial charge is 0.458 e. The number of esters is 1. The van der Waals surface area contributed by atoms with Gasteiger partial charge in [-0.15, -0.1) is 0 Å².